The van der Waals surface area contributed by atoms with Gasteiger partial charge < -0.3 is 19.0 Å². The Morgan fingerprint density at radius 2 is 2.00 bits per heavy atom. The summed E-state index contributed by atoms with van der Waals surface area (Å²) in [5, 5.41) is 8.64. The predicted octanol–water partition coefficient (Wildman–Crippen LogP) is 1.89. The smallest absolute Gasteiger partial charge is 0.371 e. The molecule has 0 atom stereocenters. The summed E-state index contributed by atoms with van der Waals surface area (Å²) in [4.78, 5) is 22.1. The first-order valence-corrected chi connectivity index (χ1v) is 5.77. The fourth-order valence-corrected chi connectivity index (χ4v) is 1.46. The Kier molecular flexibility index (Phi) is 4.52. The monoisotopic (exact) mass is 276 g/mol. The third-order valence-corrected chi connectivity index (χ3v) is 2.42. The summed E-state index contributed by atoms with van der Waals surface area (Å²) in [5.74, 6) is -1.84. The second-order valence-electron chi connectivity index (χ2n) is 3.87. The van der Waals surface area contributed by atoms with Crippen molar-refractivity contribution in [2.24, 2.45) is 0 Å². The molecule has 2 rings (SSSR count). The average Bonchev–Trinajstić information content (AvgIpc) is 2.46. The van der Waals surface area contributed by atoms with E-state index < -0.39 is 17.2 Å². The number of hydrogen-bond donors (Lipinski definition) is 1. The van der Waals surface area contributed by atoms with Crippen molar-refractivity contribution in [1.29, 1.82) is 0 Å². The molecule has 6 nitrogen and oxygen atoms in total. The highest BCUT2D eigenvalue weighted by Crippen LogP contribution is 2.07. The second-order valence-corrected chi connectivity index (χ2v) is 3.87. The van der Waals surface area contributed by atoms with Crippen LogP contribution in [0.1, 0.15) is 16.1 Å². The molecule has 0 fully saturated rings. The predicted molar refractivity (Wildman–Crippen MR) is 68.7 cm³/mol. The lowest BCUT2D eigenvalue weighted by Crippen LogP contribution is -2.12. The molecule has 0 aliphatic heterocycles. The van der Waals surface area contributed by atoms with E-state index in [0.717, 1.165) is 17.9 Å². The van der Waals surface area contributed by atoms with Gasteiger partial charge in [-0.1, -0.05) is 30.3 Å². The fourth-order valence-electron chi connectivity index (χ4n) is 1.46. The van der Waals surface area contributed by atoms with Crippen LogP contribution in [0.3, 0.4) is 0 Å². The van der Waals surface area contributed by atoms with Crippen LogP contribution >= 0.6 is 0 Å². The van der Waals surface area contributed by atoms with Crippen LogP contribution in [-0.2, 0) is 11.3 Å². The van der Waals surface area contributed by atoms with E-state index in [1.165, 1.54) is 0 Å². The van der Waals surface area contributed by atoms with Gasteiger partial charge in [0.2, 0.25) is 16.9 Å². The van der Waals surface area contributed by atoms with E-state index in [4.69, 9.17) is 19.0 Å². The van der Waals surface area contributed by atoms with Gasteiger partial charge >= 0.3 is 5.97 Å². The van der Waals surface area contributed by atoms with Gasteiger partial charge in [0.1, 0.15) is 6.26 Å². The summed E-state index contributed by atoms with van der Waals surface area (Å²) in [6, 6.07) is 10.3. The highest BCUT2D eigenvalue weighted by atomic mass is 16.7. The standard InChI is InChI=1S/C14H12O6/c15-11-6-12(14(16)17)19-8-13(11)20-9-18-7-10-4-2-1-3-5-10/h1-6,8H,7,9H2,(H,16,17). The first-order valence-electron chi connectivity index (χ1n) is 5.77. The number of rotatable bonds is 6. The molecule has 0 aliphatic rings. The van der Waals surface area contributed by atoms with E-state index in [9.17, 15) is 9.59 Å². The van der Waals surface area contributed by atoms with Gasteiger partial charge in [0.25, 0.3) is 0 Å². The van der Waals surface area contributed by atoms with Crippen LogP contribution in [-0.4, -0.2) is 17.9 Å². The Balaban J connectivity index is 1.85. The maximum absolute atomic E-state index is 11.5. The van der Waals surface area contributed by atoms with Crippen molar-refractivity contribution in [1.82, 2.24) is 0 Å². The number of carbonyl (C=O) groups is 1. The molecule has 1 N–H and O–H groups in total. The van der Waals surface area contributed by atoms with Crippen LogP contribution in [0.25, 0.3) is 0 Å². The zero-order valence-electron chi connectivity index (χ0n) is 10.4. The summed E-state index contributed by atoms with van der Waals surface area (Å²) >= 11 is 0. The van der Waals surface area contributed by atoms with Gasteiger partial charge in [0.05, 0.1) is 6.61 Å². The van der Waals surface area contributed by atoms with Crippen molar-refractivity contribution in [2.75, 3.05) is 6.79 Å². The Bertz CT molecular complexity index is 632. The fraction of sp³-hybridized carbons (Fsp3) is 0.143. The van der Waals surface area contributed by atoms with E-state index in [-0.39, 0.29) is 12.5 Å². The van der Waals surface area contributed by atoms with Gasteiger partial charge in [-0.3, -0.25) is 4.79 Å². The van der Waals surface area contributed by atoms with E-state index >= 15 is 0 Å². The van der Waals surface area contributed by atoms with Gasteiger partial charge in [0.15, 0.2) is 6.79 Å². The van der Waals surface area contributed by atoms with Crippen LogP contribution < -0.4 is 10.2 Å². The number of ether oxygens (including phenoxy) is 2. The quantitative estimate of drug-likeness (QED) is 0.640. The van der Waals surface area contributed by atoms with E-state index in [2.05, 4.69) is 0 Å². The molecule has 20 heavy (non-hydrogen) atoms. The van der Waals surface area contributed by atoms with Crippen LogP contribution in [0, 0.1) is 0 Å². The topological polar surface area (TPSA) is 86.0 Å². The minimum Gasteiger partial charge on any atom is -0.475 e. The lowest BCUT2D eigenvalue weighted by atomic mass is 10.2. The second kappa shape index (κ2) is 6.53. The van der Waals surface area contributed by atoms with Crippen molar-refractivity contribution in [3.8, 4) is 5.75 Å². The Morgan fingerprint density at radius 1 is 1.25 bits per heavy atom. The van der Waals surface area contributed by atoms with Gasteiger partial charge in [-0.25, -0.2) is 4.79 Å². The average molecular weight is 276 g/mol. The van der Waals surface area contributed by atoms with Crippen LogP contribution in [0.2, 0.25) is 0 Å². The Morgan fingerprint density at radius 3 is 2.65 bits per heavy atom. The number of benzene rings is 1. The molecule has 1 aromatic heterocycles. The highest BCUT2D eigenvalue weighted by Gasteiger charge is 2.09. The van der Waals surface area contributed by atoms with Gasteiger partial charge in [-0.2, -0.15) is 0 Å². The molecule has 2 aromatic rings. The summed E-state index contributed by atoms with van der Waals surface area (Å²) in [6.45, 7) is 0.214. The summed E-state index contributed by atoms with van der Waals surface area (Å²) in [7, 11) is 0. The van der Waals surface area contributed by atoms with Crippen LogP contribution in [0.15, 0.2) is 51.9 Å². The van der Waals surface area contributed by atoms with E-state index in [0.29, 0.717) is 6.61 Å². The normalized spacial score (nSPS) is 10.2. The molecule has 1 aromatic carbocycles. The minimum atomic E-state index is -1.31. The molecule has 0 spiro atoms. The minimum absolute atomic E-state index is 0.0944. The molecule has 6 heteroatoms. The SMILES string of the molecule is O=C(O)c1cc(=O)c(OCOCc2ccccc2)co1. The van der Waals surface area contributed by atoms with Crippen molar-refractivity contribution in [3.05, 3.63) is 64.2 Å². The lowest BCUT2D eigenvalue weighted by molar-refractivity contribution is 0.00329. The molecular weight excluding hydrogens is 264 g/mol. The molecular formula is C14H12O6. The molecule has 0 amide bonds. The maximum Gasteiger partial charge on any atom is 0.371 e. The molecule has 0 saturated carbocycles. The van der Waals surface area contributed by atoms with Crippen LogP contribution in [0.5, 0.6) is 5.75 Å². The van der Waals surface area contributed by atoms with Gasteiger partial charge in [-0.15, -0.1) is 0 Å². The van der Waals surface area contributed by atoms with E-state index in [1.54, 1.807) is 0 Å². The third-order valence-electron chi connectivity index (χ3n) is 2.42. The summed E-state index contributed by atoms with van der Waals surface area (Å²) < 4.78 is 15.0. The summed E-state index contributed by atoms with van der Waals surface area (Å²) in [5.41, 5.74) is 0.404. The van der Waals surface area contributed by atoms with Gasteiger partial charge in [0, 0.05) is 6.07 Å². The molecule has 0 aliphatic carbocycles. The Labute approximate surface area is 114 Å². The number of aromatic carboxylic acids is 1. The zero-order chi connectivity index (χ0) is 14.4. The third kappa shape index (κ3) is 3.69. The molecule has 0 bridgehead atoms. The Hall–Kier alpha value is -2.60. The van der Waals surface area contributed by atoms with E-state index in [1.807, 2.05) is 30.3 Å². The maximum atomic E-state index is 11.5. The van der Waals surface area contributed by atoms with Crippen molar-refractivity contribution in [3.63, 3.8) is 0 Å². The molecule has 0 unspecified atom stereocenters. The molecule has 1 heterocycles. The van der Waals surface area contributed by atoms with Crippen molar-refractivity contribution >= 4 is 5.97 Å². The van der Waals surface area contributed by atoms with Gasteiger partial charge in [-0.05, 0) is 5.56 Å². The first-order chi connectivity index (χ1) is 9.66. The number of hydrogen-bond acceptors (Lipinski definition) is 5. The van der Waals surface area contributed by atoms with Crippen LogP contribution in [0.4, 0.5) is 0 Å². The largest absolute Gasteiger partial charge is 0.475 e. The first kappa shape index (κ1) is 13.8. The van der Waals surface area contributed by atoms with Crippen molar-refractivity contribution in [2.45, 2.75) is 6.61 Å². The molecule has 104 valence electrons. The highest BCUT2D eigenvalue weighted by molar-refractivity contribution is 5.84. The van der Waals surface area contributed by atoms with Crippen molar-refractivity contribution < 1.29 is 23.8 Å². The molecule has 0 radical (unpaired) electrons. The summed E-state index contributed by atoms with van der Waals surface area (Å²) in [6.07, 6.45) is 0.956. The zero-order valence-corrected chi connectivity index (χ0v) is 10.4. The number of carboxylic acids is 1. The molecule has 0 saturated heterocycles. The number of carboxylic acid groups (broad SMARTS) is 1. The lowest BCUT2D eigenvalue weighted by Gasteiger charge is -2.06.